The van der Waals surface area contributed by atoms with E-state index in [0.717, 1.165) is 17.7 Å². The molecule has 1 amide bonds. The first-order valence-electron chi connectivity index (χ1n) is 10.3. The molecule has 1 heterocycles. The summed E-state index contributed by atoms with van der Waals surface area (Å²) in [6, 6.07) is 18.8. The molecule has 0 saturated carbocycles. The van der Waals surface area contributed by atoms with Gasteiger partial charge in [-0.15, -0.1) is 0 Å². The summed E-state index contributed by atoms with van der Waals surface area (Å²) in [5.41, 5.74) is 2.56. The number of para-hydroxylation sites is 1. The van der Waals surface area contributed by atoms with Gasteiger partial charge in [0.25, 0.3) is 5.91 Å². The number of carbonyl (C=O) groups is 2. The van der Waals surface area contributed by atoms with Crippen LogP contribution in [0.1, 0.15) is 21.5 Å². The van der Waals surface area contributed by atoms with E-state index < -0.39 is 5.97 Å². The Kier molecular flexibility index (Phi) is 6.87. The molecule has 0 aliphatic carbocycles. The predicted octanol–water partition coefficient (Wildman–Crippen LogP) is 5.72. The number of halogens is 2. The molecule has 0 unspecified atom stereocenters. The van der Waals surface area contributed by atoms with Gasteiger partial charge in [0.2, 0.25) is 0 Å². The molecule has 4 rings (SSSR count). The maximum Gasteiger partial charge on any atom is 0.345 e. The third kappa shape index (κ3) is 4.76. The van der Waals surface area contributed by atoms with Gasteiger partial charge in [-0.3, -0.25) is 4.79 Å². The first kappa shape index (κ1) is 23.4. The van der Waals surface area contributed by atoms with Crippen LogP contribution in [0.5, 0.6) is 11.5 Å². The number of benzene rings is 3. The van der Waals surface area contributed by atoms with Crippen molar-refractivity contribution in [3.63, 3.8) is 0 Å². The molecular weight excluding hydrogens is 475 g/mol. The molecule has 6 nitrogen and oxygen atoms in total. The third-order valence-corrected chi connectivity index (χ3v) is 5.88. The molecule has 0 aromatic heterocycles. The molecule has 34 heavy (non-hydrogen) atoms. The zero-order valence-electron chi connectivity index (χ0n) is 18.0. The second-order valence-corrected chi connectivity index (χ2v) is 8.27. The van der Waals surface area contributed by atoms with Gasteiger partial charge in [-0.05, 0) is 60.0 Å². The molecule has 0 spiro atoms. The third-order valence-electron chi connectivity index (χ3n) is 5.34. The zero-order chi connectivity index (χ0) is 24.2. The molecule has 0 bridgehead atoms. The highest BCUT2D eigenvalue weighted by molar-refractivity contribution is 6.36. The van der Waals surface area contributed by atoms with Crippen molar-refractivity contribution in [2.24, 2.45) is 0 Å². The Balaban J connectivity index is 1.57. The van der Waals surface area contributed by atoms with Gasteiger partial charge in [0.15, 0.2) is 11.5 Å². The maximum absolute atomic E-state index is 13.0. The van der Waals surface area contributed by atoms with Crippen molar-refractivity contribution in [1.29, 1.82) is 5.26 Å². The molecule has 8 heteroatoms. The summed E-state index contributed by atoms with van der Waals surface area (Å²) < 4.78 is 10.8. The molecule has 0 fully saturated rings. The van der Waals surface area contributed by atoms with Gasteiger partial charge in [0, 0.05) is 17.3 Å². The van der Waals surface area contributed by atoms with Crippen molar-refractivity contribution in [3.05, 3.63) is 93.0 Å². The van der Waals surface area contributed by atoms with Crippen LogP contribution in [0.15, 0.2) is 66.2 Å². The Hall–Kier alpha value is -3.79. The van der Waals surface area contributed by atoms with Crippen LogP contribution in [-0.2, 0) is 11.2 Å². The monoisotopic (exact) mass is 492 g/mol. The van der Waals surface area contributed by atoms with Gasteiger partial charge in [-0.1, -0.05) is 47.5 Å². The van der Waals surface area contributed by atoms with Crippen molar-refractivity contribution in [3.8, 4) is 17.6 Å². The van der Waals surface area contributed by atoms with Crippen LogP contribution in [0.3, 0.4) is 0 Å². The van der Waals surface area contributed by atoms with Crippen molar-refractivity contribution in [2.45, 2.75) is 6.42 Å². The lowest BCUT2D eigenvalue weighted by Crippen LogP contribution is -2.29. The molecule has 1 aliphatic rings. The Labute approximate surface area is 206 Å². The number of nitrogens with zero attached hydrogens (tertiary/aromatic N) is 2. The van der Waals surface area contributed by atoms with E-state index in [0.29, 0.717) is 17.1 Å². The smallest absolute Gasteiger partial charge is 0.345 e. The number of amides is 1. The topological polar surface area (TPSA) is 79.6 Å². The molecule has 0 atom stereocenters. The van der Waals surface area contributed by atoms with Crippen LogP contribution in [0, 0.1) is 11.3 Å². The molecule has 3 aromatic carbocycles. The lowest BCUT2D eigenvalue weighted by Gasteiger charge is -2.16. The molecule has 0 N–H and O–H groups in total. The fourth-order valence-electron chi connectivity index (χ4n) is 3.67. The lowest BCUT2D eigenvalue weighted by atomic mass is 10.1. The molecular formula is C26H18Cl2N2O4. The van der Waals surface area contributed by atoms with Gasteiger partial charge in [0.05, 0.1) is 17.7 Å². The summed E-state index contributed by atoms with van der Waals surface area (Å²) in [5.74, 6) is -0.638. The second kappa shape index (κ2) is 10.0. The van der Waals surface area contributed by atoms with Gasteiger partial charge < -0.3 is 14.4 Å². The summed E-state index contributed by atoms with van der Waals surface area (Å²) in [5, 5.41) is 10.2. The van der Waals surface area contributed by atoms with E-state index in [1.54, 1.807) is 17.0 Å². The molecule has 1 aliphatic heterocycles. The number of methoxy groups -OCH3 is 1. The molecule has 0 radical (unpaired) electrons. The van der Waals surface area contributed by atoms with Crippen LogP contribution in [0.4, 0.5) is 5.69 Å². The first-order valence-corrected chi connectivity index (χ1v) is 11.0. The minimum atomic E-state index is -0.677. The average Bonchev–Trinajstić information content (AvgIpc) is 3.27. The standard InChI is InChI=1S/C26H18Cl2N2O4/c1-33-24-13-16(6-9-23(24)34-26(32)20-8-7-19(27)14-21(20)28)12-18(15-29)25(31)30-11-10-17-4-2-3-5-22(17)30/h2-9,12-14H,10-11H2,1H3. The van der Waals surface area contributed by atoms with E-state index in [9.17, 15) is 14.9 Å². The van der Waals surface area contributed by atoms with Gasteiger partial charge in [0.1, 0.15) is 11.6 Å². The first-order chi connectivity index (χ1) is 16.4. The molecule has 170 valence electrons. The van der Waals surface area contributed by atoms with Gasteiger partial charge in [-0.2, -0.15) is 5.26 Å². The van der Waals surface area contributed by atoms with E-state index in [2.05, 4.69) is 0 Å². The predicted molar refractivity (Wildman–Crippen MR) is 131 cm³/mol. The number of hydrogen-bond donors (Lipinski definition) is 0. The van der Waals surface area contributed by atoms with E-state index in [1.165, 1.54) is 37.5 Å². The Morgan fingerprint density at radius 3 is 2.59 bits per heavy atom. The summed E-state index contributed by atoms with van der Waals surface area (Å²) in [6.45, 7) is 0.517. The summed E-state index contributed by atoms with van der Waals surface area (Å²) in [7, 11) is 1.42. The highest BCUT2D eigenvalue weighted by atomic mass is 35.5. The van der Waals surface area contributed by atoms with Gasteiger partial charge in [-0.25, -0.2) is 4.79 Å². The average molecular weight is 493 g/mol. The number of rotatable bonds is 5. The number of carbonyl (C=O) groups excluding carboxylic acids is 2. The summed E-state index contributed by atoms with van der Waals surface area (Å²) >= 11 is 12.0. The van der Waals surface area contributed by atoms with E-state index in [1.807, 2.05) is 30.3 Å². The number of hydrogen-bond acceptors (Lipinski definition) is 5. The van der Waals surface area contributed by atoms with E-state index in [4.69, 9.17) is 32.7 Å². The van der Waals surface area contributed by atoms with Crippen molar-refractivity contribution >= 4 is 46.8 Å². The Bertz CT molecular complexity index is 1360. The molecule has 3 aromatic rings. The zero-order valence-corrected chi connectivity index (χ0v) is 19.6. The summed E-state index contributed by atoms with van der Waals surface area (Å²) in [6.07, 6.45) is 2.22. The van der Waals surface area contributed by atoms with Crippen LogP contribution in [-0.4, -0.2) is 25.5 Å². The van der Waals surface area contributed by atoms with Gasteiger partial charge >= 0.3 is 5.97 Å². The normalized spacial score (nSPS) is 12.6. The highest BCUT2D eigenvalue weighted by Crippen LogP contribution is 2.32. The second-order valence-electron chi connectivity index (χ2n) is 7.43. The van der Waals surface area contributed by atoms with Crippen molar-refractivity contribution in [1.82, 2.24) is 0 Å². The quantitative estimate of drug-likeness (QED) is 0.197. The SMILES string of the molecule is COc1cc(C=C(C#N)C(=O)N2CCc3ccccc32)ccc1OC(=O)c1ccc(Cl)cc1Cl. The number of esters is 1. The minimum absolute atomic E-state index is 0.0172. The highest BCUT2D eigenvalue weighted by Gasteiger charge is 2.26. The van der Waals surface area contributed by atoms with Crippen LogP contribution >= 0.6 is 23.2 Å². The number of anilines is 1. The number of ether oxygens (including phenoxy) is 2. The Morgan fingerprint density at radius 2 is 1.85 bits per heavy atom. The fraction of sp³-hybridized carbons (Fsp3) is 0.115. The Morgan fingerprint density at radius 1 is 1.06 bits per heavy atom. The minimum Gasteiger partial charge on any atom is -0.493 e. The number of nitriles is 1. The fourth-order valence-corrected chi connectivity index (χ4v) is 4.16. The number of fused-ring (bicyclic) bond motifs is 1. The van der Waals surface area contributed by atoms with Crippen molar-refractivity contribution < 1.29 is 19.1 Å². The van der Waals surface area contributed by atoms with Crippen molar-refractivity contribution in [2.75, 3.05) is 18.6 Å². The lowest BCUT2D eigenvalue weighted by molar-refractivity contribution is -0.114. The van der Waals surface area contributed by atoms with E-state index >= 15 is 0 Å². The maximum atomic E-state index is 13.0. The van der Waals surface area contributed by atoms with Crippen LogP contribution < -0.4 is 14.4 Å². The largest absolute Gasteiger partial charge is 0.493 e. The summed E-state index contributed by atoms with van der Waals surface area (Å²) in [4.78, 5) is 27.2. The van der Waals surface area contributed by atoms with Crippen LogP contribution in [0.2, 0.25) is 10.0 Å². The van der Waals surface area contributed by atoms with E-state index in [-0.39, 0.29) is 33.6 Å². The van der Waals surface area contributed by atoms with Crippen LogP contribution in [0.25, 0.3) is 6.08 Å². The molecule has 0 saturated heterocycles.